The maximum Gasteiger partial charge on any atom is 0.248 e. The van der Waals surface area contributed by atoms with Crippen LogP contribution in [-0.2, 0) is 6.54 Å². The van der Waals surface area contributed by atoms with E-state index in [9.17, 15) is 4.79 Å². The first-order chi connectivity index (χ1) is 11.2. The summed E-state index contributed by atoms with van der Waals surface area (Å²) in [6.45, 7) is 4.13. The van der Waals surface area contributed by atoms with Crippen molar-refractivity contribution in [2.24, 2.45) is 5.73 Å². The van der Waals surface area contributed by atoms with Crippen LogP contribution in [0.3, 0.4) is 0 Å². The Morgan fingerprint density at radius 2 is 1.96 bits per heavy atom. The van der Waals surface area contributed by atoms with Crippen LogP contribution < -0.4 is 11.1 Å². The Kier molecular flexibility index (Phi) is 5.43. The van der Waals surface area contributed by atoms with Crippen LogP contribution in [0.2, 0.25) is 0 Å². The number of nitrogens with one attached hydrogen (secondary N) is 1. The molecule has 1 atom stereocenters. The van der Waals surface area contributed by atoms with Crippen LogP contribution in [-0.4, -0.2) is 30.4 Å². The Balaban J connectivity index is 1.57. The summed E-state index contributed by atoms with van der Waals surface area (Å²) in [5.74, 6) is -0.378. The van der Waals surface area contributed by atoms with Gasteiger partial charge in [0.15, 0.2) is 0 Å². The number of hydrogen-bond donors (Lipinski definition) is 2. The molecule has 4 nitrogen and oxygen atoms in total. The van der Waals surface area contributed by atoms with Gasteiger partial charge in [-0.25, -0.2) is 0 Å². The number of primary amides is 1. The van der Waals surface area contributed by atoms with Crippen molar-refractivity contribution in [3.63, 3.8) is 0 Å². The van der Waals surface area contributed by atoms with Crippen LogP contribution in [0.4, 0.5) is 0 Å². The first-order valence-corrected chi connectivity index (χ1v) is 8.99. The third-order valence-corrected chi connectivity index (χ3v) is 5.33. The summed E-state index contributed by atoms with van der Waals surface area (Å²) in [5.41, 5.74) is 6.99. The Hall–Kier alpha value is -1.69. The van der Waals surface area contributed by atoms with Gasteiger partial charge in [0.1, 0.15) is 0 Å². The summed E-state index contributed by atoms with van der Waals surface area (Å²) in [5, 5.41) is 5.72. The molecule has 23 heavy (non-hydrogen) atoms. The molecule has 5 heteroatoms. The molecular formula is C18H23N3OS. The highest BCUT2D eigenvalue weighted by atomic mass is 32.1. The van der Waals surface area contributed by atoms with Crippen LogP contribution in [0.25, 0.3) is 0 Å². The van der Waals surface area contributed by atoms with Gasteiger partial charge in [0.25, 0.3) is 0 Å². The van der Waals surface area contributed by atoms with Gasteiger partial charge in [-0.3, -0.25) is 9.69 Å². The van der Waals surface area contributed by atoms with Crippen molar-refractivity contribution in [1.29, 1.82) is 0 Å². The molecule has 0 spiro atoms. The van der Waals surface area contributed by atoms with E-state index in [0.29, 0.717) is 11.6 Å². The number of nitrogens with two attached hydrogens (primary N) is 1. The Bertz CT molecular complexity index is 618. The average molecular weight is 329 g/mol. The van der Waals surface area contributed by atoms with E-state index in [0.717, 1.165) is 13.1 Å². The standard InChI is InChI=1S/C18H23N3OS/c19-18(22)15-7-5-14(6-8-15)12-20-13-16(17-4-3-11-23-17)21-9-1-2-10-21/h3-8,11,16,20H,1-2,9-10,12-13H2,(H2,19,22). The van der Waals surface area contributed by atoms with Gasteiger partial charge in [-0.15, -0.1) is 11.3 Å². The largest absolute Gasteiger partial charge is 0.366 e. The minimum atomic E-state index is -0.378. The van der Waals surface area contributed by atoms with Gasteiger partial charge in [-0.05, 0) is 55.1 Å². The number of thiophene rings is 1. The predicted octanol–water partition coefficient (Wildman–Crippen LogP) is 2.77. The lowest BCUT2D eigenvalue weighted by molar-refractivity contribution is 0.100. The van der Waals surface area contributed by atoms with E-state index >= 15 is 0 Å². The van der Waals surface area contributed by atoms with Crippen molar-refractivity contribution in [2.75, 3.05) is 19.6 Å². The van der Waals surface area contributed by atoms with Crippen LogP contribution in [0, 0.1) is 0 Å². The van der Waals surface area contributed by atoms with Gasteiger partial charge < -0.3 is 11.1 Å². The highest BCUT2D eigenvalue weighted by Crippen LogP contribution is 2.27. The van der Waals surface area contributed by atoms with Gasteiger partial charge >= 0.3 is 0 Å². The first-order valence-electron chi connectivity index (χ1n) is 8.11. The number of nitrogens with zero attached hydrogens (tertiary/aromatic N) is 1. The summed E-state index contributed by atoms with van der Waals surface area (Å²) in [7, 11) is 0. The fraction of sp³-hybridized carbons (Fsp3) is 0.389. The first kappa shape index (κ1) is 16.2. The fourth-order valence-corrected chi connectivity index (χ4v) is 3.94. The highest BCUT2D eigenvalue weighted by Gasteiger charge is 2.23. The minimum Gasteiger partial charge on any atom is -0.366 e. The third-order valence-electron chi connectivity index (χ3n) is 4.36. The maximum absolute atomic E-state index is 11.1. The van der Waals surface area contributed by atoms with E-state index in [1.165, 1.54) is 36.4 Å². The van der Waals surface area contributed by atoms with Gasteiger partial charge in [0.05, 0.1) is 6.04 Å². The predicted molar refractivity (Wildman–Crippen MR) is 94.5 cm³/mol. The summed E-state index contributed by atoms with van der Waals surface area (Å²) < 4.78 is 0. The van der Waals surface area contributed by atoms with Gasteiger partial charge in [0, 0.05) is 23.5 Å². The second-order valence-electron chi connectivity index (χ2n) is 5.97. The molecule has 0 saturated carbocycles. The second kappa shape index (κ2) is 7.73. The molecule has 1 amide bonds. The monoisotopic (exact) mass is 329 g/mol. The molecular weight excluding hydrogens is 306 g/mol. The van der Waals surface area contributed by atoms with E-state index in [2.05, 4.69) is 27.7 Å². The Labute approximate surface area is 141 Å². The zero-order valence-corrected chi connectivity index (χ0v) is 14.0. The number of rotatable bonds is 7. The zero-order chi connectivity index (χ0) is 16.1. The number of hydrogen-bond acceptors (Lipinski definition) is 4. The highest BCUT2D eigenvalue weighted by molar-refractivity contribution is 7.10. The third kappa shape index (κ3) is 4.19. The summed E-state index contributed by atoms with van der Waals surface area (Å²) >= 11 is 1.84. The molecule has 2 aromatic rings. The maximum atomic E-state index is 11.1. The van der Waals surface area contributed by atoms with E-state index < -0.39 is 0 Å². The lowest BCUT2D eigenvalue weighted by Crippen LogP contribution is -2.33. The van der Waals surface area contributed by atoms with Crippen molar-refractivity contribution in [1.82, 2.24) is 10.2 Å². The van der Waals surface area contributed by atoms with E-state index in [1.807, 2.05) is 23.5 Å². The molecule has 3 rings (SSSR count). The topological polar surface area (TPSA) is 58.4 Å². The van der Waals surface area contributed by atoms with Crippen LogP contribution >= 0.6 is 11.3 Å². The number of amides is 1. The molecule has 1 aromatic carbocycles. The lowest BCUT2D eigenvalue weighted by atomic mass is 10.1. The molecule has 1 saturated heterocycles. The number of carbonyl (C=O) groups is 1. The van der Waals surface area contributed by atoms with Crippen LogP contribution in [0.5, 0.6) is 0 Å². The molecule has 2 heterocycles. The quantitative estimate of drug-likeness (QED) is 0.821. The van der Waals surface area contributed by atoms with Crippen LogP contribution in [0.15, 0.2) is 41.8 Å². The lowest BCUT2D eigenvalue weighted by Gasteiger charge is -2.27. The number of carbonyl (C=O) groups excluding carboxylic acids is 1. The van der Waals surface area contributed by atoms with Gasteiger partial charge in [-0.1, -0.05) is 18.2 Å². The summed E-state index contributed by atoms with van der Waals surface area (Å²) in [6, 6.07) is 12.3. The molecule has 0 bridgehead atoms. The van der Waals surface area contributed by atoms with Crippen LogP contribution in [0.1, 0.15) is 39.7 Å². The van der Waals surface area contributed by atoms with Crippen molar-refractivity contribution in [2.45, 2.75) is 25.4 Å². The number of likely N-dealkylation sites (tertiary alicyclic amines) is 1. The van der Waals surface area contributed by atoms with E-state index in [4.69, 9.17) is 5.73 Å². The van der Waals surface area contributed by atoms with Crippen molar-refractivity contribution in [3.05, 3.63) is 57.8 Å². The molecule has 1 aliphatic rings. The average Bonchev–Trinajstić information content (AvgIpc) is 3.26. The molecule has 1 aromatic heterocycles. The summed E-state index contributed by atoms with van der Waals surface area (Å²) in [4.78, 5) is 15.1. The molecule has 3 N–H and O–H groups in total. The molecule has 1 unspecified atom stereocenters. The van der Waals surface area contributed by atoms with Gasteiger partial charge in [0.2, 0.25) is 5.91 Å². The zero-order valence-electron chi connectivity index (χ0n) is 13.2. The molecule has 0 aliphatic carbocycles. The molecule has 122 valence electrons. The number of benzene rings is 1. The van der Waals surface area contributed by atoms with Gasteiger partial charge in [-0.2, -0.15) is 0 Å². The van der Waals surface area contributed by atoms with Crippen molar-refractivity contribution >= 4 is 17.2 Å². The van der Waals surface area contributed by atoms with E-state index in [1.54, 1.807) is 12.1 Å². The Morgan fingerprint density at radius 1 is 1.22 bits per heavy atom. The van der Waals surface area contributed by atoms with Crippen molar-refractivity contribution in [3.8, 4) is 0 Å². The Morgan fingerprint density at radius 3 is 2.57 bits per heavy atom. The molecule has 1 fully saturated rings. The van der Waals surface area contributed by atoms with E-state index in [-0.39, 0.29) is 5.91 Å². The molecule has 1 aliphatic heterocycles. The SMILES string of the molecule is NC(=O)c1ccc(CNCC(c2cccs2)N2CCCC2)cc1. The second-order valence-corrected chi connectivity index (χ2v) is 6.95. The molecule has 0 radical (unpaired) electrons. The fourth-order valence-electron chi connectivity index (χ4n) is 3.08. The summed E-state index contributed by atoms with van der Waals surface area (Å²) in [6.07, 6.45) is 2.60. The van der Waals surface area contributed by atoms with Crippen molar-refractivity contribution < 1.29 is 4.79 Å². The minimum absolute atomic E-state index is 0.378. The smallest absolute Gasteiger partial charge is 0.248 e. The normalized spacial score (nSPS) is 16.5.